The second-order valence-electron chi connectivity index (χ2n) is 6.85. The van der Waals surface area contributed by atoms with Crippen LogP contribution in [0.3, 0.4) is 0 Å². The van der Waals surface area contributed by atoms with Gasteiger partial charge in [-0.25, -0.2) is 0 Å². The maximum absolute atomic E-state index is 6.02. The predicted octanol–water partition coefficient (Wildman–Crippen LogP) is 2.89. The largest absolute Gasteiger partial charge is 0.383 e. The van der Waals surface area contributed by atoms with Crippen molar-refractivity contribution in [2.75, 3.05) is 24.6 Å². The van der Waals surface area contributed by atoms with E-state index in [9.17, 15) is 0 Å². The Morgan fingerprint density at radius 1 is 1.25 bits per heavy atom. The van der Waals surface area contributed by atoms with Crippen molar-refractivity contribution >= 4 is 22.4 Å². The molecule has 0 spiro atoms. The van der Waals surface area contributed by atoms with Gasteiger partial charge in [-0.3, -0.25) is 0 Å². The molecule has 3 fully saturated rings. The molecule has 2 saturated heterocycles. The molecule has 1 saturated carbocycles. The molecule has 2 bridgehead atoms. The smallest absolute Gasteiger partial charge is 0.142 e. The molecular weight excluding hydrogens is 268 g/mol. The van der Waals surface area contributed by atoms with Crippen molar-refractivity contribution in [2.45, 2.75) is 56.5 Å². The zero-order valence-corrected chi connectivity index (χ0v) is 13.0. The molecule has 1 aromatic rings. The standard InChI is InChI=1S/C15H24N4S/c1-19-11-4-5-12(19)7-9(6-11)8-17-15-13(10-2-3-10)14(16)18-20-15/h9-12,17H,2-8H2,1H3,(H2,16,18). The number of anilines is 2. The van der Waals surface area contributed by atoms with E-state index in [0.29, 0.717) is 5.92 Å². The molecule has 3 N–H and O–H groups in total. The summed E-state index contributed by atoms with van der Waals surface area (Å²) < 4.78 is 4.34. The Labute approximate surface area is 124 Å². The molecule has 3 heterocycles. The van der Waals surface area contributed by atoms with Crippen LogP contribution in [0.15, 0.2) is 0 Å². The first-order valence-corrected chi connectivity index (χ1v) is 8.70. The van der Waals surface area contributed by atoms with Gasteiger partial charge >= 0.3 is 0 Å². The summed E-state index contributed by atoms with van der Waals surface area (Å²) >= 11 is 1.55. The maximum Gasteiger partial charge on any atom is 0.142 e. The molecule has 20 heavy (non-hydrogen) atoms. The quantitative estimate of drug-likeness (QED) is 0.896. The van der Waals surface area contributed by atoms with Gasteiger partial charge in [0.05, 0.1) is 0 Å². The highest BCUT2D eigenvalue weighted by molar-refractivity contribution is 7.10. The van der Waals surface area contributed by atoms with Crippen molar-refractivity contribution in [2.24, 2.45) is 5.92 Å². The number of nitrogen functional groups attached to an aromatic ring is 1. The zero-order valence-electron chi connectivity index (χ0n) is 12.1. The van der Waals surface area contributed by atoms with Gasteiger partial charge in [-0.05, 0) is 68.9 Å². The van der Waals surface area contributed by atoms with Crippen molar-refractivity contribution < 1.29 is 0 Å². The summed E-state index contributed by atoms with van der Waals surface area (Å²) in [7, 11) is 2.31. The lowest BCUT2D eigenvalue weighted by Crippen LogP contribution is -2.41. The van der Waals surface area contributed by atoms with E-state index in [1.165, 1.54) is 49.1 Å². The third-order valence-electron chi connectivity index (χ3n) is 5.49. The minimum atomic E-state index is 0.685. The van der Waals surface area contributed by atoms with Crippen LogP contribution in [0.1, 0.15) is 50.0 Å². The summed E-state index contributed by atoms with van der Waals surface area (Å²) in [5.41, 5.74) is 7.33. The first kappa shape index (κ1) is 12.9. The van der Waals surface area contributed by atoms with Crippen LogP contribution in [0, 0.1) is 5.92 Å². The predicted molar refractivity (Wildman–Crippen MR) is 84.3 cm³/mol. The van der Waals surface area contributed by atoms with Gasteiger partial charge in [0.1, 0.15) is 10.8 Å². The average Bonchev–Trinajstić information content (AvgIpc) is 3.17. The number of piperidine rings is 1. The van der Waals surface area contributed by atoms with Gasteiger partial charge in [-0.2, -0.15) is 4.37 Å². The number of rotatable bonds is 4. The lowest BCUT2D eigenvalue weighted by atomic mass is 9.91. The van der Waals surface area contributed by atoms with E-state index in [2.05, 4.69) is 21.6 Å². The fourth-order valence-electron chi connectivity index (χ4n) is 4.13. The van der Waals surface area contributed by atoms with Crippen molar-refractivity contribution in [3.8, 4) is 0 Å². The fourth-order valence-corrected chi connectivity index (χ4v) is 4.94. The van der Waals surface area contributed by atoms with Crippen LogP contribution in [0.25, 0.3) is 0 Å². The van der Waals surface area contributed by atoms with Crippen LogP contribution < -0.4 is 11.1 Å². The number of hydrogen-bond acceptors (Lipinski definition) is 5. The minimum Gasteiger partial charge on any atom is -0.383 e. The normalized spacial score (nSPS) is 33.5. The Bertz CT molecular complexity index is 482. The number of nitrogens with one attached hydrogen (secondary N) is 1. The Kier molecular flexibility index (Phi) is 3.15. The second-order valence-corrected chi connectivity index (χ2v) is 7.63. The molecule has 5 heteroatoms. The number of hydrogen-bond donors (Lipinski definition) is 2. The molecular formula is C15H24N4S. The summed E-state index contributed by atoms with van der Waals surface area (Å²) in [6, 6.07) is 1.66. The first-order valence-electron chi connectivity index (χ1n) is 7.93. The molecule has 3 aliphatic rings. The van der Waals surface area contributed by atoms with Crippen molar-refractivity contribution in [1.29, 1.82) is 0 Å². The zero-order chi connectivity index (χ0) is 13.7. The van der Waals surface area contributed by atoms with Gasteiger partial charge in [0.2, 0.25) is 0 Å². The van der Waals surface area contributed by atoms with Crippen molar-refractivity contribution in [1.82, 2.24) is 9.27 Å². The van der Waals surface area contributed by atoms with E-state index in [1.807, 2.05) is 0 Å². The molecule has 2 aliphatic heterocycles. The van der Waals surface area contributed by atoms with Crippen LogP contribution in [0.2, 0.25) is 0 Å². The summed E-state index contributed by atoms with van der Waals surface area (Å²) in [6.45, 7) is 1.10. The van der Waals surface area contributed by atoms with Crippen LogP contribution in [-0.4, -0.2) is 34.9 Å². The highest BCUT2D eigenvalue weighted by atomic mass is 32.1. The van der Waals surface area contributed by atoms with Gasteiger partial charge in [-0.15, -0.1) is 0 Å². The SMILES string of the molecule is CN1C2CCC1CC(CNc1snc(N)c1C1CC1)C2. The summed E-state index contributed by atoms with van der Waals surface area (Å²) in [5, 5.41) is 4.91. The summed E-state index contributed by atoms with van der Waals surface area (Å²) in [6.07, 6.45) is 8.09. The van der Waals surface area contributed by atoms with E-state index >= 15 is 0 Å². The van der Waals surface area contributed by atoms with Gasteiger partial charge < -0.3 is 16.0 Å². The lowest BCUT2D eigenvalue weighted by molar-refractivity contribution is 0.139. The first-order chi connectivity index (χ1) is 9.72. The maximum atomic E-state index is 6.02. The lowest BCUT2D eigenvalue weighted by Gasteiger charge is -2.36. The molecule has 110 valence electrons. The number of fused-ring (bicyclic) bond motifs is 2. The van der Waals surface area contributed by atoms with Gasteiger partial charge in [0.25, 0.3) is 0 Å². The molecule has 4 rings (SSSR count). The van der Waals surface area contributed by atoms with Crippen LogP contribution in [0.5, 0.6) is 0 Å². The van der Waals surface area contributed by atoms with Crippen LogP contribution in [0.4, 0.5) is 10.8 Å². The number of nitrogens with zero attached hydrogens (tertiary/aromatic N) is 2. The van der Waals surface area contributed by atoms with Crippen molar-refractivity contribution in [3.05, 3.63) is 5.56 Å². The molecule has 2 atom stereocenters. The van der Waals surface area contributed by atoms with Gasteiger partial charge in [0, 0.05) is 24.2 Å². The molecule has 1 aromatic heterocycles. The van der Waals surface area contributed by atoms with E-state index in [-0.39, 0.29) is 0 Å². The minimum absolute atomic E-state index is 0.685. The monoisotopic (exact) mass is 292 g/mol. The van der Waals surface area contributed by atoms with Crippen LogP contribution in [-0.2, 0) is 0 Å². The number of nitrogens with two attached hydrogens (primary N) is 1. The second kappa shape index (κ2) is 4.88. The third-order valence-corrected chi connectivity index (χ3v) is 6.32. The van der Waals surface area contributed by atoms with Gasteiger partial charge in [0.15, 0.2) is 0 Å². The molecule has 0 radical (unpaired) electrons. The fraction of sp³-hybridized carbons (Fsp3) is 0.800. The van der Waals surface area contributed by atoms with E-state index in [4.69, 9.17) is 5.73 Å². The Morgan fingerprint density at radius 3 is 2.60 bits per heavy atom. The van der Waals surface area contributed by atoms with E-state index in [1.54, 1.807) is 11.5 Å². The Morgan fingerprint density at radius 2 is 1.95 bits per heavy atom. The molecule has 2 unspecified atom stereocenters. The summed E-state index contributed by atoms with van der Waals surface area (Å²) in [4.78, 5) is 2.61. The van der Waals surface area contributed by atoms with E-state index in [0.717, 1.165) is 30.4 Å². The van der Waals surface area contributed by atoms with Crippen LogP contribution >= 0.6 is 11.5 Å². The average molecular weight is 292 g/mol. The molecule has 1 aliphatic carbocycles. The molecule has 0 aromatic carbocycles. The van der Waals surface area contributed by atoms with Crippen molar-refractivity contribution in [3.63, 3.8) is 0 Å². The Hall–Kier alpha value is -0.810. The topological polar surface area (TPSA) is 54.2 Å². The van der Waals surface area contributed by atoms with E-state index < -0.39 is 0 Å². The summed E-state index contributed by atoms with van der Waals surface area (Å²) in [5.74, 6) is 2.27. The highest BCUT2D eigenvalue weighted by Gasteiger charge is 2.38. The third kappa shape index (κ3) is 2.21. The highest BCUT2D eigenvalue weighted by Crippen LogP contribution is 2.48. The molecule has 0 amide bonds. The number of aromatic nitrogens is 1. The Balaban J connectivity index is 1.39. The van der Waals surface area contributed by atoms with Gasteiger partial charge in [-0.1, -0.05) is 0 Å². The molecule has 4 nitrogen and oxygen atoms in total.